The topological polar surface area (TPSA) is 118 Å². The Morgan fingerprint density at radius 2 is 1.88 bits per heavy atom. The van der Waals surface area contributed by atoms with Crippen LogP contribution in [-0.4, -0.2) is 30.6 Å². The fraction of sp³-hybridized carbons (Fsp3) is 0.250. The van der Waals surface area contributed by atoms with Crippen molar-refractivity contribution in [1.82, 2.24) is 0 Å². The summed E-state index contributed by atoms with van der Waals surface area (Å²) in [5.74, 6) is -1.22. The van der Waals surface area contributed by atoms with Gasteiger partial charge in [-0.1, -0.05) is 0 Å². The lowest BCUT2D eigenvalue weighted by Gasteiger charge is -2.08. The Hall–Kier alpha value is -3.36. The fourth-order valence-corrected chi connectivity index (χ4v) is 2.02. The van der Waals surface area contributed by atoms with E-state index in [1.54, 1.807) is 6.92 Å². The second-order valence-electron chi connectivity index (χ2n) is 4.70. The van der Waals surface area contributed by atoms with Crippen LogP contribution < -0.4 is 4.74 Å². The van der Waals surface area contributed by atoms with Crippen LogP contribution in [0.1, 0.15) is 33.4 Å². The number of carbonyl (C=O) groups excluding carboxylic acids is 2. The molecule has 0 amide bonds. The van der Waals surface area contributed by atoms with Crippen LogP contribution in [0.5, 0.6) is 5.75 Å². The molecule has 1 aromatic carbocycles. The van der Waals surface area contributed by atoms with Crippen molar-refractivity contribution in [2.24, 2.45) is 0 Å². The van der Waals surface area contributed by atoms with Crippen LogP contribution in [0.3, 0.4) is 0 Å². The van der Waals surface area contributed by atoms with Gasteiger partial charge in [0.1, 0.15) is 16.9 Å². The summed E-state index contributed by atoms with van der Waals surface area (Å²) in [6, 6.07) is 4.96. The van der Waals surface area contributed by atoms with Crippen LogP contribution in [0.4, 0.5) is 5.69 Å². The average molecular weight is 349 g/mol. The zero-order chi connectivity index (χ0) is 18.4. The van der Waals surface area contributed by atoms with E-state index >= 15 is 0 Å². The zero-order valence-corrected chi connectivity index (χ0v) is 13.5. The highest BCUT2D eigenvalue weighted by Gasteiger charge is 2.21. The predicted octanol–water partition coefficient (Wildman–Crippen LogP) is 2.73. The molecule has 0 aliphatic rings. The molecule has 132 valence electrons. The average Bonchev–Trinajstić information content (AvgIpc) is 3.07. The van der Waals surface area contributed by atoms with Gasteiger partial charge in [-0.25, -0.2) is 9.59 Å². The molecular weight excluding hydrogens is 334 g/mol. The number of nitrogens with zero attached hydrogens (tertiary/aromatic N) is 1. The van der Waals surface area contributed by atoms with Crippen LogP contribution in [0.25, 0.3) is 0 Å². The molecule has 0 spiro atoms. The van der Waals surface area contributed by atoms with Gasteiger partial charge >= 0.3 is 11.9 Å². The molecule has 0 atom stereocenters. The van der Waals surface area contributed by atoms with E-state index in [0.717, 1.165) is 6.07 Å². The number of methoxy groups -OCH3 is 1. The van der Waals surface area contributed by atoms with Crippen LogP contribution in [-0.2, 0) is 16.1 Å². The number of hydrogen-bond acceptors (Lipinski definition) is 8. The first-order valence-electron chi connectivity index (χ1n) is 7.21. The molecule has 0 unspecified atom stereocenters. The number of benzene rings is 1. The maximum absolute atomic E-state index is 12.2. The lowest BCUT2D eigenvalue weighted by atomic mass is 10.2. The van der Waals surface area contributed by atoms with Gasteiger partial charge in [0.2, 0.25) is 0 Å². The third-order valence-corrected chi connectivity index (χ3v) is 3.19. The lowest BCUT2D eigenvalue weighted by Crippen LogP contribution is -2.10. The van der Waals surface area contributed by atoms with Crippen molar-refractivity contribution in [2.45, 2.75) is 13.5 Å². The Balaban J connectivity index is 2.16. The predicted molar refractivity (Wildman–Crippen MR) is 83.4 cm³/mol. The van der Waals surface area contributed by atoms with Gasteiger partial charge in [-0.15, -0.1) is 0 Å². The number of esters is 2. The summed E-state index contributed by atoms with van der Waals surface area (Å²) in [6.45, 7) is 1.51. The maximum Gasteiger partial charge on any atom is 0.342 e. The molecule has 9 nitrogen and oxygen atoms in total. The van der Waals surface area contributed by atoms with E-state index < -0.39 is 16.9 Å². The van der Waals surface area contributed by atoms with E-state index in [2.05, 4.69) is 0 Å². The molecule has 2 rings (SSSR count). The Morgan fingerprint density at radius 1 is 1.16 bits per heavy atom. The highest BCUT2D eigenvalue weighted by molar-refractivity contribution is 5.93. The summed E-state index contributed by atoms with van der Waals surface area (Å²) >= 11 is 0. The minimum Gasteiger partial charge on any atom is -0.496 e. The molecule has 2 aromatic rings. The quantitative estimate of drug-likeness (QED) is 0.425. The Bertz CT molecular complexity index is 795. The maximum atomic E-state index is 12.2. The Morgan fingerprint density at radius 3 is 2.52 bits per heavy atom. The number of ether oxygens (including phenoxy) is 3. The van der Waals surface area contributed by atoms with Crippen LogP contribution >= 0.6 is 0 Å². The minimum atomic E-state index is -0.855. The van der Waals surface area contributed by atoms with Gasteiger partial charge in [0.05, 0.1) is 24.9 Å². The van der Waals surface area contributed by atoms with Crippen molar-refractivity contribution in [3.63, 3.8) is 0 Å². The number of furan rings is 1. The molecule has 0 aliphatic heterocycles. The third-order valence-electron chi connectivity index (χ3n) is 3.19. The van der Waals surface area contributed by atoms with E-state index in [0.29, 0.717) is 0 Å². The van der Waals surface area contributed by atoms with Crippen molar-refractivity contribution < 1.29 is 33.1 Å². The van der Waals surface area contributed by atoms with E-state index in [1.807, 2.05) is 0 Å². The summed E-state index contributed by atoms with van der Waals surface area (Å²) < 4.78 is 20.1. The monoisotopic (exact) mass is 349 g/mol. The van der Waals surface area contributed by atoms with Crippen LogP contribution in [0.2, 0.25) is 0 Å². The second kappa shape index (κ2) is 7.95. The summed E-state index contributed by atoms with van der Waals surface area (Å²) in [4.78, 5) is 34.2. The Kier molecular flexibility index (Phi) is 5.72. The highest BCUT2D eigenvalue weighted by Crippen LogP contribution is 2.25. The van der Waals surface area contributed by atoms with E-state index in [1.165, 1.54) is 31.6 Å². The van der Waals surface area contributed by atoms with Gasteiger partial charge in [-0.2, -0.15) is 0 Å². The van der Waals surface area contributed by atoms with Crippen molar-refractivity contribution in [1.29, 1.82) is 0 Å². The van der Waals surface area contributed by atoms with E-state index in [-0.39, 0.29) is 41.5 Å². The molecule has 0 bridgehead atoms. The number of carbonyl (C=O) groups is 2. The molecule has 0 saturated carbocycles. The largest absolute Gasteiger partial charge is 0.496 e. The molecule has 1 aromatic heterocycles. The number of rotatable bonds is 7. The van der Waals surface area contributed by atoms with Crippen molar-refractivity contribution in [3.8, 4) is 5.75 Å². The number of hydrogen-bond donors (Lipinski definition) is 0. The summed E-state index contributed by atoms with van der Waals surface area (Å²) in [6.07, 6.45) is 1.27. The van der Waals surface area contributed by atoms with Gasteiger partial charge in [-0.05, 0) is 19.1 Å². The van der Waals surface area contributed by atoms with E-state index in [4.69, 9.17) is 18.6 Å². The normalized spacial score (nSPS) is 10.2. The first kappa shape index (κ1) is 18.0. The van der Waals surface area contributed by atoms with Gasteiger partial charge in [0.15, 0.2) is 12.4 Å². The van der Waals surface area contributed by atoms with Gasteiger partial charge in [-0.3, -0.25) is 10.1 Å². The fourth-order valence-electron chi connectivity index (χ4n) is 2.02. The number of nitro groups is 1. The summed E-state index contributed by atoms with van der Waals surface area (Å²) in [5, 5.41) is 10.8. The molecule has 0 radical (unpaired) electrons. The van der Waals surface area contributed by atoms with Crippen molar-refractivity contribution in [2.75, 3.05) is 13.7 Å². The molecular formula is C16H15NO8. The second-order valence-corrected chi connectivity index (χ2v) is 4.70. The van der Waals surface area contributed by atoms with Crippen molar-refractivity contribution >= 4 is 17.6 Å². The smallest absolute Gasteiger partial charge is 0.342 e. The van der Waals surface area contributed by atoms with E-state index in [9.17, 15) is 19.7 Å². The van der Waals surface area contributed by atoms with Crippen LogP contribution in [0.15, 0.2) is 34.9 Å². The molecule has 1 heterocycles. The Labute approximate surface area is 142 Å². The lowest BCUT2D eigenvalue weighted by molar-refractivity contribution is -0.384. The third kappa shape index (κ3) is 4.14. The van der Waals surface area contributed by atoms with Crippen molar-refractivity contribution in [3.05, 3.63) is 57.5 Å². The SMILES string of the molecule is CCOC(=O)c1ccoc1COC(=O)c1cc([N+](=O)[O-])ccc1OC. The minimum absolute atomic E-state index is 0.108. The molecule has 9 heteroatoms. The van der Waals surface area contributed by atoms with Gasteiger partial charge in [0, 0.05) is 12.1 Å². The standard InChI is InChI=1S/C16H15NO8/c1-3-23-15(18)11-6-7-24-14(11)9-25-16(19)12-8-10(17(20)21)4-5-13(12)22-2/h4-8H,3,9H2,1-2H3. The first-order chi connectivity index (χ1) is 12.0. The zero-order valence-electron chi connectivity index (χ0n) is 13.5. The molecule has 0 fully saturated rings. The molecule has 0 aliphatic carbocycles. The summed E-state index contributed by atoms with van der Waals surface area (Å²) in [5.41, 5.74) is -0.250. The molecule has 0 N–H and O–H groups in total. The van der Waals surface area contributed by atoms with Gasteiger partial charge in [0.25, 0.3) is 5.69 Å². The molecule has 25 heavy (non-hydrogen) atoms. The van der Waals surface area contributed by atoms with Crippen LogP contribution in [0, 0.1) is 10.1 Å². The van der Waals surface area contributed by atoms with Gasteiger partial charge < -0.3 is 18.6 Å². The highest BCUT2D eigenvalue weighted by atomic mass is 16.6. The first-order valence-corrected chi connectivity index (χ1v) is 7.21. The molecule has 0 saturated heterocycles. The number of non-ortho nitro benzene ring substituents is 1. The number of nitro benzene ring substituents is 1. The summed E-state index contributed by atoms with van der Waals surface area (Å²) in [7, 11) is 1.32.